The van der Waals surface area contributed by atoms with Gasteiger partial charge in [0.15, 0.2) is 5.71 Å². The maximum atomic E-state index is 12.3. The fourth-order valence-corrected chi connectivity index (χ4v) is 3.92. The molecule has 0 aromatic heterocycles. The summed E-state index contributed by atoms with van der Waals surface area (Å²) >= 11 is 0. The van der Waals surface area contributed by atoms with Crippen molar-refractivity contribution in [3.05, 3.63) is 41.5 Å². The molecule has 0 radical (unpaired) electrons. The lowest BCUT2D eigenvalue weighted by Gasteiger charge is -2.41. The van der Waals surface area contributed by atoms with Crippen LogP contribution >= 0.6 is 0 Å². The number of nitrogens with one attached hydrogen (secondary N) is 1. The smallest absolute Gasteiger partial charge is 0.361 e. The van der Waals surface area contributed by atoms with Gasteiger partial charge in [0.25, 0.3) is 5.72 Å². The van der Waals surface area contributed by atoms with Gasteiger partial charge < -0.3 is 14.6 Å². The highest BCUT2D eigenvalue weighted by Gasteiger charge is 2.68. The molecule has 4 rings (SSSR count). The molecule has 0 amide bonds. The summed E-state index contributed by atoms with van der Waals surface area (Å²) in [6, 6.07) is 9.44. The maximum absolute atomic E-state index is 12.3. The second-order valence-electron chi connectivity index (χ2n) is 6.50. The Morgan fingerprint density at radius 2 is 1.89 bits per heavy atom. The number of esters is 2. The molecule has 9 heteroatoms. The zero-order valence-corrected chi connectivity index (χ0v) is 14.6. The minimum atomic E-state index is -2.17. The third-order valence-corrected chi connectivity index (χ3v) is 5.13. The number of nitrogens with zero attached hydrogens (tertiary/aromatic N) is 1. The molecule has 1 aromatic rings. The van der Waals surface area contributed by atoms with Crippen LogP contribution in [0.1, 0.15) is 5.56 Å². The van der Waals surface area contributed by atoms with E-state index in [1.54, 1.807) is 0 Å². The van der Waals surface area contributed by atoms with Gasteiger partial charge in [0.05, 0.1) is 26.1 Å². The topological polar surface area (TPSA) is 116 Å². The Morgan fingerprint density at radius 1 is 1.19 bits per heavy atom. The van der Waals surface area contributed by atoms with Gasteiger partial charge in [-0.15, -0.1) is 0 Å². The van der Waals surface area contributed by atoms with E-state index < -0.39 is 41.7 Å². The molecule has 2 heterocycles. The van der Waals surface area contributed by atoms with Gasteiger partial charge in [-0.2, -0.15) is 5.10 Å². The molecule has 0 spiro atoms. The summed E-state index contributed by atoms with van der Waals surface area (Å²) in [6.07, 6.45) is 0.385. The largest absolute Gasteiger partial charge is 0.465 e. The van der Waals surface area contributed by atoms with Crippen LogP contribution in [-0.4, -0.2) is 54.9 Å². The van der Waals surface area contributed by atoms with Crippen molar-refractivity contribution < 1.29 is 33.9 Å². The SMILES string of the molecule is COC(=O)C1=NNC(O)(C(=O)OC)[C@H]2[C@@H]1[C@H]1OO[C@@H]2C1=Cc1ccccc1. The van der Waals surface area contributed by atoms with E-state index in [1.165, 1.54) is 7.11 Å². The Balaban J connectivity index is 1.81. The van der Waals surface area contributed by atoms with Crippen molar-refractivity contribution in [1.82, 2.24) is 5.43 Å². The quantitative estimate of drug-likeness (QED) is 0.562. The van der Waals surface area contributed by atoms with Gasteiger partial charge in [0, 0.05) is 0 Å². The van der Waals surface area contributed by atoms with Crippen LogP contribution in [-0.2, 0) is 28.8 Å². The highest BCUT2D eigenvalue weighted by atomic mass is 17.2. The number of rotatable bonds is 3. The average Bonchev–Trinajstić information content (AvgIpc) is 3.23. The minimum absolute atomic E-state index is 0.0193. The van der Waals surface area contributed by atoms with E-state index >= 15 is 0 Å². The molecule has 1 saturated heterocycles. The maximum Gasteiger partial charge on any atom is 0.361 e. The monoisotopic (exact) mass is 374 g/mol. The van der Waals surface area contributed by atoms with Crippen LogP contribution in [0.15, 0.2) is 41.0 Å². The van der Waals surface area contributed by atoms with Gasteiger partial charge in [-0.05, 0) is 11.1 Å². The molecular weight excluding hydrogens is 356 g/mol. The molecular formula is C18H18N2O7. The number of carbonyl (C=O) groups is 2. The van der Waals surface area contributed by atoms with Crippen molar-refractivity contribution in [2.45, 2.75) is 17.9 Å². The number of carbonyl (C=O) groups excluding carboxylic acids is 2. The van der Waals surface area contributed by atoms with E-state index in [2.05, 4.69) is 10.5 Å². The first kappa shape index (κ1) is 17.7. The number of hydrogen-bond donors (Lipinski definition) is 2. The normalized spacial score (nSPS) is 35.2. The number of benzene rings is 1. The summed E-state index contributed by atoms with van der Waals surface area (Å²) in [5.41, 5.74) is 1.79. The molecule has 5 atom stereocenters. The van der Waals surface area contributed by atoms with E-state index in [1.807, 2.05) is 36.4 Å². The Hall–Kier alpha value is -2.75. The molecule has 3 aliphatic rings. The fraction of sp³-hybridized carbons (Fsp3) is 0.389. The van der Waals surface area contributed by atoms with Crippen molar-refractivity contribution in [1.29, 1.82) is 0 Å². The first-order chi connectivity index (χ1) is 13.0. The number of hydrazone groups is 1. The molecule has 1 unspecified atom stereocenters. The summed E-state index contributed by atoms with van der Waals surface area (Å²) in [5.74, 6) is -3.23. The fourth-order valence-electron chi connectivity index (χ4n) is 3.92. The van der Waals surface area contributed by atoms with Crippen LogP contribution in [0.25, 0.3) is 6.08 Å². The third-order valence-electron chi connectivity index (χ3n) is 5.13. The van der Waals surface area contributed by atoms with Crippen LogP contribution in [0.2, 0.25) is 0 Å². The van der Waals surface area contributed by atoms with E-state index in [0.29, 0.717) is 5.57 Å². The van der Waals surface area contributed by atoms with Gasteiger partial charge in [-0.25, -0.2) is 19.4 Å². The minimum Gasteiger partial charge on any atom is -0.465 e. The molecule has 2 N–H and O–H groups in total. The van der Waals surface area contributed by atoms with Gasteiger partial charge in [0.1, 0.15) is 12.2 Å². The van der Waals surface area contributed by atoms with Crippen molar-refractivity contribution in [3.8, 4) is 0 Å². The Morgan fingerprint density at radius 3 is 2.56 bits per heavy atom. The first-order valence-corrected chi connectivity index (χ1v) is 8.33. The highest BCUT2D eigenvalue weighted by Crippen LogP contribution is 2.52. The second-order valence-corrected chi connectivity index (χ2v) is 6.50. The lowest BCUT2D eigenvalue weighted by atomic mass is 9.79. The zero-order chi connectivity index (χ0) is 19.2. The number of hydrogen-bond acceptors (Lipinski definition) is 9. The van der Waals surface area contributed by atoms with Crippen molar-refractivity contribution in [3.63, 3.8) is 0 Å². The molecule has 2 aliphatic heterocycles. The van der Waals surface area contributed by atoms with E-state index in [4.69, 9.17) is 19.2 Å². The molecule has 1 saturated carbocycles. The predicted molar refractivity (Wildman–Crippen MR) is 90.7 cm³/mol. The number of ether oxygens (including phenoxy) is 2. The molecule has 1 aliphatic carbocycles. The standard InChI is InChI=1S/C18H18N2O7/c1-24-16(21)13-11-12(18(23,20-19-13)17(22)25-2)15-10(14(11)26-27-15)8-9-6-4-3-5-7-9/h3-8,11-12,14-15,20,23H,1-2H3/t11-,12-,14-,15+,18?/m0/s1. The molecule has 1 aromatic carbocycles. The Labute approximate surface area is 154 Å². The molecule has 9 nitrogen and oxygen atoms in total. The number of aliphatic hydroxyl groups is 1. The van der Waals surface area contributed by atoms with Crippen LogP contribution in [0, 0.1) is 11.8 Å². The van der Waals surface area contributed by atoms with Gasteiger partial charge in [0.2, 0.25) is 0 Å². The van der Waals surface area contributed by atoms with Crippen molar-refractivity contribution in [2.24, 2.45) is 16.9 Å². The van der Waals surface area contributed by atoms with E-state index in [-0.39, 0.29) is 5.71 Å². The predicted octanol–water partition coefficient (Wildman–Crippen LogP) is 0.00880. The van der Waals surface area contributed by atoms with Crippen molar-refractivity contribution >= 4 is 23.7 Å². The summed E-state index contributed by atoms with van der Waals surface area (Å²) in [5, 5.41) is 14.9. The van der Waals surface area contributed by atoms with Crippen LogP contribution < -0.4 is 5.43 Å². The zero-order valence-electron chi connectivity index (χ0n) is 14.6. The number of methoxy groups -OCH3 is 2. The molecule has 2 bridgehead atoms. The molecule has 27 heavy (non-hydrogen) atoms. The average molecular weight is 374 g/mol. The van der Waals surface area contributed by atoms with Gasteiger partial charge in [-0.1, -0.05) is 36.4 Å². The summed E-state index contributed by atoms with van der Waals surface area (Å²) in [6.45, 7) is 0. The lowest BCUT2D eigenvalue weighted by Crippen LogP contribution is -2.66. The van der Waals surface area contributed by atoms with E-state index in [0.717, 1.165) is 12.7 Å². The number of fused-ring (bicyclic) bond motifs is 5. The van der Waals surface area contributed by atoms with E-state index in [9.17, 15) is 14.7 Å². The van der Waals surface area contributed by atoms with Crippen LogP contribution in [0.5, 0.6) is 0 Å². The lowest BCUT2D eigenvalue weighted by molar-refractivity contribution is -0.348. The highest BCUT2D eigenvalue weighted by molar-refractivity contribution is 6.38. The molecule has 2 fully saturated rings. The van der Waals surface area contributed by atoms with Crippen LogP contribution in [0.4, 0.5) is 0 Å². The van der Waals surface area contributed by atoms with Crippen molar-refractivity contribution in [2.75, 3.05) is 14.2 Å². The molecule has 142 valence electrons. The van der Waals surface area contributed by atoms with Crippen LogP contribution in [0.3, 0.4) is 0 Å². The van der Waals surface area contributed by atoms with Gasteiger partial charge in [-0.3, -0.25) is 5.43 Å². The Kier molecular flexibility index (Phi) is 4.22. The summed E-state index contributed by atoms with van der Waals surface area (Å²) in [7, 11) is 2.38. The third kappa shape index (κ3) is 2.54. The summed E-state index contributed by atoms with van der Waals surface area (Å²) in [4.78, 5) is 35.2. The van der Waals surface area contributed by atoms with Gasteiger partial charge >= 0.3 is 11.9 Å². The first-order valence-electron chi connectivity index (χ1n) is 8.33. The Bertz CT molecular complexity index is 837. The second kappa shape index (κ2) is 6.45. The summed E-state index contributed by atoms with van der Waals surface area (Å²) < 4.78 is 9.52.